The zero-order chi connectivity index (χ0) is 34.2. The third kappa shape index (κ3) is 12.2. The molecule has 1 aliphatic heterocycles. The van der Waals surface area contributed by atoms with Crippen molar-refractivity contribution in [1.82, 2.24) is 20.9 Å². The number of aromatic nitrogens is 1. The Kier molecular flexibility index (Phi) is 13.4. The van der Waals surface area contributed by atoms with Gasteiger partial charge < -0.3 is 39.5 Å². The van der Waals surface area contributed by atoms with E-state index in [1.807, 2.05) is 38.8 Å². The van der Waals surface area contributed by atoms with Crippen molar-refractivity contribution in [2.24, 2.45) is 0 Å². The van der Waals surface area contributed by atoms with Gasteiger partial charge in [0.25, 0.3) is 5.91 Å². The number of methoxy groups -OCH3 is 1. The Bertz CT molecular complexity index is 1210. The number of hydrogen-bond donors (Lipinski definition) is 3. The molecule has 254 valence electrons. The van der Waals surface area contributed by atoms with Crippen molar-refractivity contribution in [3.63, 3.8) is 0 Å². The maximum Gasteiger partial charge on any atom is 0.407 e. The van der Waals surface area contributed by atoms with Crippen LogP contribution < -0.4 is 20.9 Å². The topological polar surface area (TPSA) is 174 Å². The minimum atomic E-state index is -2.34. The first-order chi connectivity index (χ1) is 20.7. The summed E-state index contributed by atoms with van der Waals surface area (Å²) in [4.78, 5) is 69.2. The fourth-order valence-corrected chi connectivity index (χ4v) is 5.82. The van der Waals surface area contributed by atoms with Gasteiger partial charge in [0.2, 0.25) is 5.91 Å². The summed E-state index contributed by atoms with van der Waals surface area (Å²) in [5.74, 6) is -2.77. The lowest BCUT2D eigenvalue weighted by Crippen LogP contribution is -2.56. The standard InChI is InChI=1S/C29H49N5O9SSi/c1-18(35)41-15-21(25(38)40-8)32-23(36)20(16-42-45(9,10)29(5,6)7)31-24(37)22-17-44-26(33-22)34-13-11-12-19(14-34)30-27(39)43-28(2,3)4/h17,19-21H,11-16H2,1-10H3,(H,30,39)(H,31,37)(H,32,36)/t19-,20-,21-/m0/s1. The maximum absolute atomic E-state index is 13.4. The van der Waals surface area contributed by atoms with E-state index in [1.54, 1.807) is 26.2 Å². The Morgan fingerprint density at radius 3 is 2.31 bits per heavy atom. The average Bonchev–Trinajstić information content (AvgIpc) is 3.41. The molecular formula is C29H49N5O9SSi. The number of hydrogen-bond acceptors (Lipinski definition) is 12. The number of amides is 3. The number of anilines is 1. The minimum absolute atomic E-state index is 0.104. The van der Waals surface area contributed by atoms with Crippen LogP contribution >= 0.6 is 11.3 Å². The molecule has 2 rings (SSSR count). The van der Waals surface area contributed by atoms with Gasteiger partial charge in [-0.2, -0.15) is 0 Å². The van der Waals surface area contributed by atoms with E-state index in [9.17, 15) is 24.0 Å². The number of piperidine rings is 1. The van der Waals surface area contributed by atoms with E-state index in [2.05, 4.69) is 20.9 Å². The average molecular weight is 672 g/mol. The number of ether oxygens (including phenoxy) is 3. The predicted octanol–water partition coefficient (Wildman–Crippen LogP) is 2.98. The van der Waals surface area contributed by atoms with E-state index >= 15 is 0 Å². The monoisotopic (exact) mass is 671 g/mol. The largest absolute Gasteiger partial charge is 0.467 e. The van der Waals surface area contributed by atoms with Crippen LogP contribution in [0.5, 0.6) is 0 Å². The van der Waals surface area contributed by atoms with E-state index in [0.717, 1.165) is 20.0 Å². The third-order valence-corrected chi connectivity index (χ3v) is 12.8. The number of nitrogens with one attached hydrogen (secondary N) is 3. The summed E-state index contributed by atoms with van der Waals surface area (Å²) in [6.07, 6.45) is 1.10. The first-order valence-corrected chi connectivity index (χ1v) is 18.7. The molecule has 0 bridgehead atoms. The molecule has 0 aliphatic carbocycles. The van der Waals surface area contributed by atoms with Crippen LogP contribution in [0.25, 0.3) is 0 Å². The molecule has 1 fully saturated rings. The van der Waals surface area contributed by atoms with Gasteiger partial charge in [-0.1, -0.05) is 20.8 Å². The molecule has 0 unspecified atom stereocenters. The van der Waals surface area contributed by atoms with Gasteiger partial charge in [0.15, 0.2) is 19.5 Å². The van der Waals surface area contributed by atoms with Crippen molar-refractivity contribution in [2.45, 2.75) is 103 Å². The third-order valence-electron chi connectivity index (χ3n) is 7.43. The summed E-state index contributed by atoms with van der Waals surface area (Å²) < 4.78 is 21.3. The first-order valence-electron chi connectivity index (χ1n) is 14.9. The van der Waals surface area contributed by atoms with Crippen LogP contribution in [0.1, 0.15) is 71.8 Å². The van der Waals surface area contributed by atoms with Crippen LogP contribution in [0.2, 0.25) is 18.1 Å². The molecule has 45 heavy (non-hydrogen) atoms. The zero-order valence-corrected chi connectivity index (χ0v) is 29.8. The van der Waals surface area contributed by atoms with E-state index in [1.165, 1.54) is 18.3 Å². The fourth-order valence-electron chi connectivity index (χ4n) is 3.96. The molecular weight excluding hydrogens is 622 g/mol. The van der Waals surface area contributed by atoms with Crippen LogP contribution in [0.3, 0.4) is 0 Å². The lowest BCUT2D eigenvalue weighted by molar-refractivity contribution is -0.151. The Morgan fingerprint density at radius 1 is 1.07 bits per heavy atom. The van der Waals surface area contributed by atoms with Gasteiger partial charge in [-0.05, 0) is 51.7 Å². The minimum Gasteiger partial charge on any atom is -0.467 e. The van der Waals surface area contributed by atoms with E-state index < -0.39 is 62.5 Å². The molecule has 1 aromatic rings. The van der Waals surface area contributed by atoms with Crippen LogP contribution in [-0.2, 0) is 33.0 Å². The molecule has 1 saturated heterocycles. The number of alkyl carbamates (subject to hydrolysis) is 1. The second-order valence-corrected chi connectivity index (χ2v) is 19.1. The summed E-state index contributed by atoms with van der Waals surface area (Å²) in [7, 11) is -1.20. The van der Waals surface area contributed by atoms with Crippen molar-refractivity contribution in [3.8, 4) is 0 Å². The first kappa shape index (κ1) is 37.9. The van der Waals surface area contributed by atoms with Gasteiger partial charge in [0, 0.05) is 31.4 Å². The lowest BCUT2D eigenvalue weighted by atomic mass is 10.1. The number of carbonyl (C=O) groups is 5. The molecule has 3 N–H and O–H groups in total. The van der Waals surface area contributed by atoms with Gasteiger partial charge in [-0.15, -0.1) is 11.3 Å². The highest BCUT2D eigenvalue weighted by atomic mass is 32.1. The van der Waals surface area contributed by atoms with Crippen LogP contribution in [0, 0.1) is 0 Å². The smallest absolute Gasteiger partial charge is 0.407 e. The SMILES string of the molecule is COC(=O)[C@H](COC(C)=O)NC(=O)[C@H](CO[Si](C)(C)C(C)(C)C)NC(=O)c1csc(N2CCC[C@H](NC(=O)OC(C)(C)C)C2)n1. The zero-order valence-electron chi connectivity index (χ0n) is 28.0. The normalized spacial score (nSPS) is 17.0. The second-order valence-electron chi connectivity index (χ2n) is 13.4. The van der Waals surface area contributed by atoms with Crippen molar-refractivity contribution >= 4 is 54.6 Å². The molecule has 3 amide bonds. The summed E-state index contributed by atoms with van der Waals surface area (Å²) >= 11 is 1.27. The Morgan fingerprint density at radius 2 is 1.73 bits per heavy atom. The maximum atomic E-state index is 13.4. The van der Waals surface area contributed by atoms with Crippen LogP contribution in [-0.4, -0.2) is 100 Å². The van der Waals surface area contributed by atoms with E-state index in [-0.39, 0.29) is 23.4 Å². The molecule has 0 spiro atoms. The highest BCUT2D eigenvalue weighted by Gasteiger charge is 2.39. The molecule has 3 atom stereocenters. The molecule has 1 aromatic heterocycles. The Balaban J connectivity index is 2.18. The molecule has 0 aromatic carbocycles. The lowest BCUT2D eigenvalue weighted by Gasteiger charge is -2.37. The Labute approximate surface area is 270 Å². The fraction of sp³-hybridized carbons (Fsp3) is 0.724. The summed E-state index contributed by atoms with van der Waals surface area (Å²) in [6, 6.07) is -2.63. The number of carbonyl (C=O) groups excluding carboxylic acids is 5. The van der Waals surface area contributed by atoms with Crippen LogP contribution in [0.4, 0.5) is 9.93 Å². The summed E-state index contributed by atoms with van der Waals surface area (Å²) in [5, 5.41) is 10.1. The van der Waals surface area contributed by atoms with Gasteiger partial charge in [0.1, 0.15) is 23.9 Å². The number of thiazole rings is 1. The Hall–Kier alpha value is -3.24. The quantitative estimate of drug-likeness (QED) is 0.169. The second kappa shape index (κ2) is 15.8. The van der Waals surface area contributed by atoms with Gasteiger partial charge >= 0.3 is 18.0 Å². The highest BCUT2D eigenvalue weighted by Crippen LogP contribution is 2.36. The van der Waals surface area contributed by atoms with Gasteiger partial charge in [-0.25, -0.2) is 14.6 Å². The molecule has 0 saturated carbocycles. The molecule has 2 heterocycles. The summed E-state index contributed by atoms with van der Waals surface area (Å²) in [5.41, 5.74) is -0.505. The predicted molar refractivity (Wildman–Crippen MR) is 172 cm³/mol. The molecule has 0 radical (unpaired) electrons. The number of esters is 2. The van der Waals surface area contributed by atoms with Crippen molar-refractivity contribution in [3.05, 3.63) is 11.1 Å². The van der Waals surface area contributed by atoms with Crippen LogP contribution in [0.15, 0.2) is 5.38 Å². The molecule has 16 heteroatoms. The molecule has 14 nitrogen and oxygen atoms in total. The summed E-state index contributed by atoms with van der Waals surface area (Å²) in [6.45, 7) is 17.3. The van der Waals surface area contributed by atoms with E-state index in [0.29, 0.717) is 18.2 Å². The van der Waals surface area contributed by atoms with E-state index in [4.69, 9.17) is 18.6 Å². The molecule has 1 aliphatic rings. The van der Waals surface area contributed by atoms with Crippen molar-refractivity contribution in [2.75, 3.05) is 38.3 Å². The number of nitrogens with zero attached hydrogens (tertiary/aromatic N) is 2. The van der Waals surface area contributed by atoms with Gasteiger partial charge in [-0.3, -0.25) is 14.4 Å². The van der Waals surface area contributed by atoms with Crippen molar-refractivity contribution in [1.29, 1.82) is 0 Å². The van der Waals surface area contributed by atoms with Crippen molar-refractivity contribution < 1.29 is 42.6 Å². The number of rotatable bonds is 12. The van der Waals surface area contributed by atoms with Gasteiger partial charge in [0.05, 0.1) is 13.7 Å². The highest BCUT2D eigenvalue weighted by molar-refractivity contribution is 7.13.